The molecule has 1 aliphatic rings. The van der Waals surface area contributed by atoms with E-state index in [0.29, 0.717) is 23.9 Å². The highest BCUT2D eigenvalue weighted by atomic mass is 35.5. The molecule has 0 atom stereocenters. The third-order valence-corrected chi connectivity index (χ3v) is 6.91. The summed E-state index contributed by atoms with van der Waals surface area (Å²) < 4.78 is 58.9. The fourth-order valence-corrected chi connectivity index (χ4v) is 4.75. The first-order valence-corrected chi connectivity index (χ1v) is 13.5. The maximum atomic E-state index is 13.9. The van der Waals surface area contributed by atoms with E-state index in [0.717, 1.165) is 37.2 Å². The molecule has 41 heavy (non-hydrogen) atoms. The van der Waals surface area contributed by atoms with Crippen molar-refractivity contribution in [3.05, 3.63) is 105 Å². The lowest BCUT2D eigenvalue weighted by molar-refractivity contribution is -0.137. The molecule has 1 aliphatic heterocycles. The third-order valence-electron chi connectivity index (χ3n) is 6.68. The van der Waals surface area contributed by atoms with Gasteiger partial charge < -0.3 is 10.1 Å². The number of likely N-dealkylation sites (tertiary alicyclic amines) is 1. The van der Waals surface area contributed by atoms with Crippen LogP contribution in [0.25, 0.3) is 0 Å². The first-order chi connectivity index (χ1) is 19.5. The van der Waals surface area contributed by atoms with Crippen LogP contribution >= 0.6 is 11.6 Å². The molecular formula is C31H29ClF4N2O3. The quantitative estimate of drug-likeness (QED) is 0.154. The number of hydrogen-bond donors (Lipinski definition) is 1. The van der Waals surface area contributed by atoms with Crippen LogP contribution in [-0.2, 0) is 17.4 Å². The summed E-state index contributed by atoms with van der Waals surface area (Å²) in [7, 11) is 0. The lowest BCUT2D eigenvalue weighted by Gasteiger charge is -2.14. The molecule has 0 unspecified atom stereocenters. The summed E-state index contributed by atoms with van der Waals surface area (Å²) in [6, 6.07) is 11.2. The molecule has 0 saturated carbocycles. The van der Waals surface area contributed by atoms with Gasteiger partial charge in [0.1, 0.15) is 11.6 Å². The van der Waals surface area contributed by atoms with Crippen LogP contribution in [-0.4, -0.2) is 42.8 Å². The van der Waals surface area contributed by atoms with Crippen molar-refractivity contribution >= 4 is 29.0 Å². The fraction of sp³-hybridized carbons (Fsp3) is 0.290. The molecule has 3 aromatic carbocycles. The average molecular weight is 589 g/mol. The molecular weight excluding hydrogens is 560 g/mol. The van der Waals surface area contributed by atoms with Crippen molar-refractivity contribution in [2.24, 2.45) is 0 Å². The summed E-state index contributed by atoms with van der Waals surface area (Å²) in [5.41, 5.74) is 0.514. The molecule has 0 bridgehead atoms. The molecule has 3 aromatic rings. The van der Waals surface area contributed by atoms with Gasteiger partial charge in [0.05, 0.1) is 11.1 Å². The van der Waals surface area contributed by atoms with Crippen molar-refractivity contribution in [3.8, 4) is 5.75 Å². The molecule has 1 saturated heterocycles. The van der Waals surface area contributed by atoms with Crippen LogP contribution in [0.4, 0.5) is 23.2 Å². The van der Waals surface area contributed by atoms with E-state index in [1.54, 1.807) is 6.07 Å². The van der Waals surface area contributed by atoms with Crippen LogP contribution in [0.5, 0.6) is 5.75 Å². The smallest absolute Gasteiger partial charge is 0.416 e. The molecule has 1 N–H and O–H groups in total. The number of carbonyl (C=O) groups excluding carboxylic acids is 2. The number of hydrogen-bond acceptors (Lipinski definition) is 4. The van der Waals surface area contributed by atoms with E-state index in [4.69, 9.17) is 16.3 Å². The van der Waals surface area contributed by atoms with Crippen LogP contribution < -0.4 is 10.1 Å². The van der Waals surface area contributed by atoms with Crippen LogP contribution in [0.2, 0.25) is 5.02 Å². The second-order valence-electron chi connectivity index (χ2n) is 9.87. The second kappa shape index (κ2) is 13.3. The summed E-state index contributed by atoms with van der Waals surface area (Å²) >= 11 is 6.01. The highest BCUT2D eigenvalue weighted by Crippen LogP contribution is 2.32. The van der Waals surface area contributed by atoms with Crippen LogP contribution in [0, 0.1) is 12.7 Å². The van der Waals surface area contributed by atoms with Gasteiger partial charge in [-0.25, -0.2) is 4.39 Å². The molecule has 0 radical (unpaired) electrons. The first kappa shape index (κ1) is 30.3. The van der Waals surface area contributed by atoms with Gasteiger partial charge in [-0.1, -0.05) is 35.9 Å². The van der Waals surface area contributed by atoms with Crippen molar-refractivity contribution in [3.63, 3.8) is 0 Å². The van der Waals surface area contributed by atoms with Crippen LogP contribution in [0.1, 0.15) is 45.5 Å². The SMILES string of the molecule is Cc1cc(C/C=C/CN2CCCC2)ccc1NC(=O)COc1ccc(Cl)cc1C(=O)c1cc(F)cc(C(F)(F)F)c1. The molecule has 5 nitrogen and oxygen atoms in total. The Bertz CT molecular complexity index is 1450. The second-order valence-corrected chi connectivity index (χ2v) is 10.3. The predicted octanol–water partition coefficient (Wildman–Crippen LogP) is 7.25. The molecule has 0 aliphatic carbocycles. The monoisotopic (exact) mass is 588 g/mol. The van der Waals surface area contributed by atoms with Crippen molar-refractivity contribution in [1.29, 1.82) is 0 Å². The maximum absolute atomic E-state index is 13.9. The lowest BCUT2D eigenvalue weighted by Crippen LogP contribution is -2.21. The van der Waals surface area contributed by atoms with Gasteiger partial charge in [-0.05, 0) is 92.9 Å². The van der Waals surface area contributed by atoms with Gasteiger partial charge in [-0.15, -0.1) is 0 Å². The highest BCUT2D eigenvalue weighted by Gasteiger charge is 2.32. The summed E-state index contributed by atoms with van der Waals surface area (Å²) in [5.74, 6) is -2.75. The standard InChI is InChI=1S/C31H29ClF4N2O3/c1-20-14-21(6-2-3-11-38-12-4-5-13-38)7-9-27(20)37-29(39)19-41-28-10-8-24(32)18-26(28)30(40)22-15-23(31(34,35)36)17-25(33)16-22/h2-3,7-10,14-18H,4-6,11-13,19H2,1H3,(H,37,39)/b3-2+. The maximum Gasteiger partial charge on any atom is 0.416 e. The number of anilines is 1. The van der Waals surface area contributed by atoms with Crippen molar-refractivity contribution < 1.29 is 31.9 Å². The zero-order valence-corrected chi connectivity index (χ0v) is 23.1. The van der Waals surface area contributed by atoms with Crippen LogP contribution in [0.3, 0.4) is 0 Å². The summed E-state index contributed by atoms with van der Waals surface area (Å²) in [6.07, 6.45) is 2.75. The molecule has 1 heterocycles. The summed E-state index contributed by atoms with van der Waals surface area (Å²) in [4.78, 5) is 28.1. The van der Waals surface area contributed by atoms with E-state index >= 15 is 0 Å². The van der Waals surface area contributed by atoms with E-state index in [-0.39, 0.29) is 16.3 Å². The van der Waals surface area contributed by atoms with Crippen LogP contribution in [0.15, 0.2) is 66.7 Å². The van der Waals surface area contributed by atoms with Crippen molar-refractivity contribution in [2.45, 2.75) is 32.4 Å². The van der Waals surface area contributed by atoms with E-state index in [1.165, 1.54) is 31.0 Å². The van der Waals surface area contributed by atoms with E-state index in [1.807, 2.05) is 19.1 Å². The Morgan fingerprint density at radius 1 is 1.02 bits per heavy atom. The molecule has 0 aromatic heterocycles. The van der Waals surface area contributed by atoms with Gasteiger partial charge in [-0.2, -0.15) is 13.2 Å². The number of halogens is 5. The summed E-state index contributed by atoms with van der Waals surface area (Å²) in [5, 5.41) is 2.87. The number of ether oxygens (including phenoxy) is 1. The fourth-order valence-electron chi connectivity index (χ4n) is 4.58. The first-order valence-electron chi connectivity index (χ1n) is 13.1. The normalized spacial score (nSPS) is 14.0. The van der Waals surface area contributed by atoms with Gasteiger partial charge in [0.25, 0.3) is 5.91 Å². The van der Waals surface area contributed by atoms with Crippen molar-refractivity contribution in [2.75, 3.05) is 31.6 Å². The molecule has 1 fully saturated rings. The Balaban J connectivity index is 1.39. The van der Waals surface area contributed by atoms with Gasteiger partial charge >= 0.3 is 6.18 Å². The number of alkyl halides is 3. The number of allylic oxidation sites excluding steroid dienone is 1. The van der Waals surface area contributed by atoms with Crippen molar-refractivity contribution in [1.82, 2.24) is 4.90 Å². The molecule has 4 rings (SSSR count). The minimum atomic E-state index is -4.84. The molecule has 0 spiro atoms. The topological polar surface area (TPSA) is 58.6 Å². The van der Waals surface area contributed by atoms with E-state index in [2.05, 4.69) is 22.4 Å². The Morgan fingerprint density at radius 3 is 2.49 bits per heavy atom. The number of rotatable bonds is 10. The van der Waals surface area contributed by atoms with Gasteiger partial charge in [0.2, 0.25) is 0 Å². The molecule has 10 heteroatoms. The van der Waals surface area contributed by atoms with E-state index < -0.39 is 41.4 Å². The number of benzene rings is 3. The van der Waals surface area contributed by atoms with Gasteiger partial charge in [-0.3, -0.25) is 14.5 Å². The number of aryl methyl sites for hydroxylation is 1. The largest absolute Gasteiger partial charge is 0.483 e. The van der Waals surface area contributed by atoms with Gasteiger partial charge in [0, 0.05) is 22.8 Å². The molecule has 1 amide bonds. The van der Waals surface area contributed by atoms with Gasteiger partial charge in [0.15, 0.2) is 12.4 Å². The Hall–Kier alpha value is -3.69. The average Bonchev–Trinajstić information content (AvgIpc) is 3.44. The zero-order chi connectivity index (χ0) is 29.6. The Kier molecular flexibility index (Phi) is 9.83. The minimum absolute atomic E-state index is 0.0832. The predicted molar refractivity (Wildman–Crippen MR) is 150 cm³/mol. The summed E-state index contributed by atoms with van der Waals surface area (Å²) in [6.45, 7) is 4.63. The number of ketones is 1. The Labute approximate surface area is 240 Å². The third kappa shape index (κ3) is 8.41. The highest BCUT2D eigenvalue weighted by molar-refractivity contribution is 6.31. The Morgan fingerprint density at radius 2 is 1.78 bits per heavy atom. The number of carbonyl (C=O) groups is 2. The number of nitrogens with one attached hydrogen (secondary N) is 1. The molecule has 216 valence electrons. The lowest BCUT2D eigenvalue weighted by atomic mass is 10.00. The zero-order valence-electron chi connectivity index (χ0n) is 22.4. The number of amides is 1. The van der Waals surface area contributed by atoms with E-state index in [9.17, 15) is 27.2 Å². The number of nitrogens with zero attached hydrogens (tertiary/aromatic N) is 1. The minimum Gasteiger partial charge on any atom is -0.483 e.